The van der Waals surface area contributed by atoms with Crippen LogP contribution in [-0.2, 0) is 9.53 Å². The van der Waals surface area contributed by atoms with E-state index in [9.17, 15) is 9.90 Å². The Hall–Kier alpha value is -0.610. The molecule has 2 N–H and O–H groups in total. The first-order valence-electron chi connectivity index (χ1n) is 7.27. The minimum absolute atomic E-state index is 0.146. The molecular weight excluding hydrogens is 230 g/mol. The van der Waals surface area contributed by atoms with Crippen LogP contribution in [0.25, 0.3) is 0 Å². The highest BCUT2D eigenvalue weighted by Gasteiger charge is 2.26. The molecule has 1 saturated heterocycles. The predicted molar refractivity (Wildman–Crippen MR) is 69.1 cm³/mol. The quantitative estimate of drug-likeness (QED) is 0.782. The predicted octanol–water partition coefficient (Wildman–Crippen LogP) is 1.47. The van der Waals surface area contributed by atoms with Gasteiger partial charge >= 0.3 is 0 Å². The first-order valence-corrected chi connectivity index (χ1v) is 7.27. The largest absolute Gasteiger partial charge is 0.396 e. The highest BCUT2D eigenvalue weighted by molar-refractivity contribution is 5.76. The van der Waals surface area contributed by atoms with E-state index >= 15 is 0 Å². The summed E-state index contributed by atoms with van der Waals surface area (Å²) in [5.41, 5.74) is 0. The first-order chi connectivity index (χ1) is 8.79. The van der Waals surface area contributed by atoms with Gasteiger partial charge < -0.3 is 15.2 Å². The molecule has 1 saturated carbocycles. The third-order valence-corrected chi connectivity index (χ3v) is 4.29. The van der Waals surface area contributed by atoms with Crippen molar-refractivity contribution in [3.8, 4) is 0 Å². The normalized spacial score (nSPS) is 32.4. The minimum atomic E-state index is 0.146. The second-order valence-electron chi connectivity index (χ2n) is 5.67. The van der Waals surface area contributed by atoms with Gasteiger partial charge in [-0.3, -0.25) is 4.79 Å². The number of aliphatic hydroxyl groups is 1. The Balaban J connectivity index is 1.68. The lowest BCUT2D eigenvalue weighted by Crippen LogP contribution is -2.43. The fourth-order valence-electron chi connectivity index (χ4n) is 3.04. The van der Waals surface area contributed by atoms with Crippen molar-refractivity contribution in [2.45, 2.75) is 51.0 Å². The number of rotatable bonds is 5. The molecule has 104 valence electrons. The maximum atomic E-state index is 11.9. The zero-order chi connectivity index (χ0) is 12.8. The lowest BCUT2D eigenvalue weighted by molar-refractivity contribution is -0.122. The van der Waals surface area contributed by atoms with Gasteiger partial charge in [0.15, 0.2) is 0 Å². The molecule has 0 unspecified atom stereocenters. The smallest absolute Gasteiger partial charge is 0.220 e. The molecule has 0 aromatic heterocycles. The second-order valence-corrected chi connectivity index (χ2v) is 5.67. The number of nitrogens with one attached hydrogen (secondary N) is 1. The summed E-state index contributed by atoms with van der Waals surface area (Å²) in [6, 6.07) is 0.191. The van der Waals surface area contributed by atoms with E-state index in [4.69, 9.17) is 4.74 Å². The van der Waals surface area contributed by atoms with E-state index in [1.54, 1.807) is 0 Å². The zero-order valence-electron chi connectivity index (χ0n) is 11.1. The summed E-state index contributed by atoms with van der Waals surface area (Å²) in [6.45, 7) is 1.86. The highest BCUT2D eigenvalue weighted by Crippen LogP contribution is 2.24. The Labute approximate surface area is 109 Å². The van der Waals surface area contributed by atoms with E-state index in [0.29, 0.717) is 12.3 Å². The summed E-state index contributed by atoms with van der Waals surface area (Å²) in [4.78, 5) is 11.9. The van der Waals surface area contributed by atoms with Crippen molar-refractivity contribution in [1.82, 2.24) is 5.32 Å². The van der Waals surface area contributed by atoms with Crippen molar-refractivity contribution in [3.05, 3.63) is 0 Å². The molecule has 1 aliphatic carbocycles. The molecule has 3 atom stereocenters. The first kappa shape index (κ1) is 13.8. The van der Waals surface area contributed by atoms with Crippen molar-refractivity contribution in [1.29, 1.82) is 0 Å². The number of aliphatic hydroxyl groups excluding tert-OH is 1. The Morgan fingerprint density at radius 3 is 2.83 bits per heavy atom. The molecule has 2 rings (SSSR count). The summed E-state index contributed by atoms with van der Waals surface area (Å²) >= 11 is 0. The van der Waals surface area contributed by atoms with Crippen molar-refractivity contribution < 1.29 is 14.6 Å². The topological polar surface area (TPSA) is 58.6 Å². The fraction of sp³-hybridized carbons (Fsp3) is 0.929. The molecule has 0 aromatic carbocycles. The summed E-state index contributed by atoms with van der Waals surface area (Å²) < 4.78 is 5.31. The van der Waals surface area contributed by atoms with Crippen LogP contribution in [0.15, 0.2) is 0 Å². The van der Waals surface area contributed by atoms with Gasteiger partial charge in [0.1, 0.15) is 0 Å². The lowest BCUT2D eigenvalue weighted by atomic mass is 9.85. The van der Waals surface area contributed by atoms with E-state index in [1.807, 2.05) is 0 Å². The second kappa shape index (κ2) is 7.10. The van der Waals surface area contributed by atoms with Gasteiger partial charge in [-0.1, -0.05) is 12.8 Å². The van der Waals surface area contributed by atoms with Crippen molar-refractivity contribution >= 4 is 5.91 Å². The van der Waals surface area contributed by atoms with Crippen LogP contribution in [0.2, 0.25) is 0 Å². The third kappa shape index (κ3) is 3.95. The van der Waals surface area contributed by atoms with Crippen LogP contribution in [0.4, 0.5) is 0 Å². The standard InChI is InChI=1S/C14H25NO3/c16-9-12-3-1-2-4-13(12)15-14(17)6-5-11-7-8-18-10-11/h11-13,16H,1-10H2,(H,15,17)/t11-,12+,13+/m1/s1. The van der Waals surface area contributed by atoms with Crippen molar-refractivity contribution in [2.75, 3.05) is 19.8 Å². The molecule has 4 nitrogen and oxygen atoms in total. The number of carbonyl (C=O) groups excluding carboxylic acids is 1. The van der Waals surface area contributed by atoms with Gasteiger partial charge in [0.25, 0.3) is 0 Å². The van der Waals surface area contributed by atoms with Crippen LogP contribution in [0.1, 0.15) is 44.9 Å². The Morgan fingerprint density at radius 1 is 1.28 bits per heavy atom. The number of ether oxygens (including phenoxy) is 1. The van der Waals surface area contributed by atoms with Gasteiger partial charge in [-0.05, 0) is 31.6 Å². The molecule has 1 aliphatic heterocycles. The monoisotopic (exact) mass is 255 g/mol. The van der Waals surface area contributed by atoms with Crippen LogP contribution in [0.3, 0.4) is 0 Å². The van der Waals surface area contributed by atoms with Crippen molar-refractivity contribution in [3.63, 3.8) is 0 Å². The highest BCUT2D eigenvalue weighted by atomic mass is 16.5. The maximum Gasteiger partial charge on any atom is 0.220 e. The van der Waals surface area contributed by atoms with E-state index in [-0.39, 0.29) is 24.5 Å². The van der Waals surface area contributed by atoms with Crippen molar-refractivity contribution in [2.24, 2.45) is 11.8 Å². The summed E-state index contributed by atoms with van der Waals surface area (Å²) in [5, 5.41) is 12.4. The van der Waals surface area contributed by atoms with E-state index in [1.165, 1.54) is 6.42 Å². The summed E-state index contributed by atoms with van der Waals surface area (Å²) in [7, 11) is 0. The number of carbonyl (C=O) groups is 1. The van der Waals surface area contributed by atoms with Crippen LogP contribution in [-0.4, -0.2) is 36.9 Å². The van der Waals surface area contributed by atoms with Gasteiger partial charge in [0.2, 0.25) is 5.91 Å². The Bertz CT molecular complexity index is 264. The molecule has 2 aliphatic rings. The Morgan fingerprint density at radius 2 is 2.11 bits per heavy atom. The van der Waals surface area contributed by atoms with Crippen LogP contribution in [0.5, 0.6) is 0 Å². The SMILES string of the molecule is O=C(CC[C@@H]1CCOC1)N[C@H]1CCCC[C@H]1CO. The average molecular weight is 255 g/mol. The van der Waals surface area contributed by atoms with E-state index < -0.39 is 0 Å². The third-order valence-electron chi connectivity index (χ3n) is 4.29. The maximum absolute atomic E-state index is 11.9. The summed E-state index contributed by atoms with van der Waals surface area (Å²) in [6.07, 6.45) is 7.03. The lowest BCUT2D eigenvalue weighted by Gasteiger charge is -2.31. The average Bonchev–Trinajstić information content (AvgIpc) is 2.90. The molecule has 0 radical (unpaired) electrons. The molecule has 18 heavy (non-hydrogen) atoms. The molecule has 4 heteroatoms. The molecule has 1 heterocycles. The van der Waals surface area contributed by atoms with Crippen LogP contribution < -0.4 is 5.32 Å². The van der Waals surface area contributed by atoms with Gasteiger partial charge in [-0.15, -0.1) is 0 Å². The number of hydrogen-bond acceptors (Lipinski definition) is 3. The minimum Gasteiger partial charge on any atom is -0.396 e. The Kier molecular flexibility index (Phi) is 5.45. The zero-order valence-corrected chi connectivity index (χ0v) is 11.1. The summed E-state index contributed by atoms with van der Waals surface area (Å²) in [5.74, 6) is 0.973. The molecule has 0 bridgehead atoms. The molecule has 2 fully saturated rings. The number of amides is 1. The van der Waals surface area contributed by atoms with Crippen LogP contribution in [0, 0.1) is 11.8 Å². The molecule has 0 spiro atoms. The molecule has 1 amide bonds. The van der Waals surface area contributed by atoms with Gasteiger partial charge in [-0.25, -0.2) is 0 Å². The number of hydrogen-bond donors (Lipinski definition) is 2. The van der Waals surface area contributed by atoms with E-state index in [0.717, 1.165) is 45.3 Å². The fourth-order valence-corrected chi connectivity index (χ4v) is 3.04. The van der Waals surface area contributed by atoms with Gasteiger partial charge in [0.05, 0.1) is 0 Å². The van der Waals surface area contributed by atoms with E-state index in [2.05, 4.69) is 5.32 Å². The van der Waals surface area contributed by atoms with Gasteiger partial charge in [-0.2, -0.15) is 0 Å². The molecular formula is C14H25NO3. The van der Waals surface area contributed by atoms with Gasteiger partial charge in [0, 0.05) is 38.2 Å². The van der Waals surface area contributed by atoms with Crippen LogP contribution >= 0.6 is 0 Å². The molecule has 0 aromatic rings.